The van der Waals surface area contributed by atoms with E-state index in [0.29, 0.717) is 17.7 Å². The highest BCUT2D eigenvalue weighted by Gasteiger charge is 2.33. The molecule has 4 heteroatoms. The van der Waals surface area contributed by atoms with Crippen molar-refractivity contribution in [3.63, 3.8) is 0 Å². The summed E-state index contributed by atoms with van der Waals surface area (Å²) in [5.41, 5.74) is 2.12. The highest BCUT2D eigenvalue weighted by Crippen LogP contribution is 2.19. The number of halogens is 1. The van der Waals surface area contributed by atoms with Crippen molar-refractivity contribution < 1.29 is 14.0 Å². The predicted octanol–water partition coefficient (Wildman–Crippen LogP) is 2.82. The predicted molar refractivity (Wildman–Crippen MR) is 81.2 cm³/mol. The molecule has 0 N–H and O–H groups in total. The summed E-state index contributed by atoms with van der Waals surface area (Å²) in [5, 5.41) is 0. The molecule has 0 aromatic heterocycles. The van der Waals surface area contributed by atoms with Gasteiger partial charge in [-0.15, -0.1) is 0 Å². The first kappa shape index (κ1) is 14.2. The van der Waals surface area contributed by atoms with Gasteiger partial charge in [0.2, 0.25) is 5.78 Å². The number of hydrogen-bond acceptors (Lipinski definition) is 2. The largest absolute Gasteiger partial charge is 0.327 e. The van der Waals surface area contributed by atoms with Gasteiger partial charge in [-0.3, -0.25) is 9.59 Å². The second kappa shape index (κ2) is 5.93. The molecule has 0 atom stereocenters. The van der Waals surface area contributed by atoms with E-state index in [-0.39, 0.29) is 12.4 Å². The van der Waals surface area contributed by atoms with E-state index in [1.54, 1.807) is 18.2 Å². The number of carbonyl (C=O) groups is 2. The van der Waals surface area contributed by atoms with Crippen molar-refractivity contribution in [2.24, 2.45) is 0 Å². The Morgan fingerprint density at radius 3 is 2.36 bits per heavy atom. The smallest absolute Gasteiger partial charge is 0.295 e. The SMILES string of the molecule is O=C1C(=O)N(Cc2ccccc2)C/C1=C\c1ccc(F)cc1. The van der Waals surface area contributed by atoms with E-state index < -0.39 is 11.7 Å². The molecule has 1 saturated heterocycles. The molecule has 110 valence electrons. The molecular formula is C18H14FNO2. The molecule has 0 radical (unpaired) electrons. The molecular weight excluding hydrogens is 281 g/mol. The maximum atomic E-state index is 12.9. The summed E-state index contributed by atoms with van der Waals surface area (Å²) in [7, 11) is 0. The normalized spacial score (nSPS) is 16.6. The van der Waals surface area contributed by atoms with Crippen LogP contribution in [0.2, 0.25) is 0 Å². The lowest BCUT2D eigenvalue weighted by Gasteiger charge is -2.13. The van der Waals surface area contributed by atoms with Gasteiger partial charge >= 0.3 is 0 Å². The molecule has 3 nitrogen and oxygen atoms in total. The Hall–Kier alpha value is -2.75. The molecule has 1 amide bonds. The molecule has 0 spiro atoms. The summed E-state index contributed by atoms with van der Waals surface area (Å²) >= 11 is 0. The van der Waals surface area contributed by atoms with Gasteiger partial charge in [-0.25, -0.2) is 4.39 Å². The van der Waals surface area contributed by atoms with Crippen LogP contribution in [0.1, 0.15) is 11.1 Å². The molecule has 1 fully saturated rings. The van der Waals surface area contributed by atoms with Crippen LogP contribution in [0.3, 0.4) is 0 Å². The third kappa shape index (κ3) is 2.96. The van der Waals surface area contributed by atoms with Crippen LogP contribution in [0.15, 0.2) is 60.2 Å². The Bertz CT molecular complexity index is 735. The molecule has 3 rings (SSSR count). The second-order valence-electron chi connectivity index (χ2n) is 5.20. The lowest BCUT2D eigenvalue weighted by molar-refractivity contribution is -0.139. The lowest BCUT2D eigenvalue weighted by Crippen LogP contribution is -2.26. The van der Waals surface area contributed by atoms with E-state index in [4.69, 9.17) is 0 Å². The topological polar surface area (TPSA) is 37.4 Å². The third-order valence-electron chi connectivity index (χ3n) is 3.56. The minimum Gasteiger partial charge on any atom is -0.327 e. The van der Waals surface area contributed by atoms with Crippen LogP contribution in [-0.4, -0.2) is 23.1 Å². The molecule has 22 heavy (non-hydrogen) atoms. The van der Waals surface area contributed by atoms with Crippen molar-refractivity contribution in [1.82, 2.24) is 4.90 Å². The summed E-state index contributed by atoms with van der Waals surface area (Å²) < 4.78 is 12.9. The van der Waals surface area contributed by atoms with Crippen LogP contribution < -0.4 is 0 Å². The average molecular weight is 295 g/mol. The second-order valence-corrected chi connectivity index (χ2v) is 5.20. The van der Waals surface area contributed by atoms with Crippen molar-refractivity contribution >= 4 is 17.8 Å². The first-order chi connectivity index (χ1) is 10.6. The highest BCUT2D eigenvalue weighted by atomic mass is 19.1. The van der Waals surface area contributed by atoms with Gasteiger partial charge in [0.15, 0.2) is 0 Å². The third-order valence-corrected chi connectivity index (χ3v) is 3.56. The zero-order valence-corrected chi connectivity index (χ0v) is 11.8. The van der Waals surface area contributed by atoms with Crippen LogP contribution in [0, 0.1) is 5.82 Å². The van der Waals surface area contributed by atoms with Gasteiger partial charge in [0.25, 0.3) is 5.91 Å². The zero-order chi connectivity index (χ0) is 15.5. The van der Waals surface area contributed by atoms with Gasteiger partial charge in [-0.1, -0.05) is 42.5 Å². The van der Waals surface area contributed by atoms with E-state index in [9.17, 15) is 14.0 Å². The summed E-state index contributed by atoms with van der Waals surface area (Å²) in [6.07, 6.45) is 1.64. The van der Waals surface area contributed by atoms with E-state index in [0.717, 1.165) is 5.56 Å². The van der Waals surface area contributed by atoms with Crippen LogP contribution in [0.4, 0.5) is 4.39 Å². The highest BCUT2D eigenvalue weighted by molar-refractivity contribution is 6.45. The van der Waals surface area contributed by atoms with Gasteiger partial charge in [0, 0.05) is 12.1 Å². The van der Waals surface area contributed by atoms with Gasteiger partial charge < -0.3 is 4.90 Å². The van der Waals surface area contributed by atoms with Crippen LogP contribution >= 0.6 is 0 Å². The fraction of sp³-hybridized carbons (Fsp3) is 0.111. The van der Waals surface area contributed by atoms with Gasteiger partial charge in [-0.2, -0.15) is 0 Å². The van der Waals surface area contributed by atoms with Gasteiger partial charge in [0.1, 0.15) is 5.82 Å². The number of ketones is 1. The van der Waals surface area contributed by atoms with Crippen molar-refractivity contribution in [3.8, 4) is 0 Å². The van der Waals surface area contributed by atoms with Crippen LogP contribution in [0.5, 0.6) is 0 Å². The Balaban J connectivity index is 1.79. The van der Waals surface area contributed by atoms with E-state index in [2.05, 4.69) is 0 Å². The number of Topliss-reactive ketones (excluding diaryl/α,β-unsaturated/α-hetero) is 1. The quantitative estimate of drug-likeness (QED) is 0.645. The molecule has 2 aromatic rings. The van der Waals surface area contributed by atoms with Crippen molar-refractivity contribution in [3.05, 3.63) is 77.1 Å². The number of benzene rings is 2. The molecule has 1 aliphatic heterocycles. The monoisotopic (exact) mass is 295 g/mol. The number of amides is 1. The van der Waals surface area contributed by atoms with E-state index in [1.165, 1.54) is 17.0 Å². The van der Waals surface area contributed by atoms with E-state index >= 15 is 0 Å². The molecule has 0 unspecified atom stereocenters. The minimum absolute atomic E-state index is 0.282. The molecule has 0 bridgehead atoms. The maximum absolute atomic E-state index is 12.9. The van der Waals surface area contributed by atoms with Crippen LogP contribution in [0.25, 0.3) is 6.08 Å². The summed E-state index contributed by atoms with van der Waals surface area (Å²) in [4.78, 5) is 25.6. The number of carbonyl (C=O) groups excluding carboxylic acids is 2. The molecule has 1 heterocycles. The standard InChI is InChI=1S/C18H14FNO2/c19-16-8-6-13(7-9-16)10-15-12-20(18(22)17(15)21)11-14-4-2-1-3-5-14/h1-10H,11-12H2/b15-10+. The first-order valence-corrected chi connectivity index (χ1v) is 6.97. The van der Waals surface area contributed by atoms with E-state index in [1.807, 2.05) is 30.3 Å². The zero-order valence-electron chi connectivity index (χ0n) is 11.8. The average Bonchev–Trinajstić information content (AvgIpc) is 2.79. The number of hydrogen-bond donors (Lipinski definition) is 0. The minimum atomic E-state index is -0.489. The molecule has 0 aliphatic carbocycles. The van der Waals surface area contributed by atoms with Crippen molar-refractivity contribution in [2.45, 2.75) is 6.54 Å². The molecule has 1 aliphatic rings. The summed E-state index contributed by atoms with van der Waals surface area (Å²) in [5.74, 6) is -1.31. The Morgan fingerprint density at radius 2 is 1.68 bits per heavy atom. The first-order valence-electron chi connectivity index (χ1n) is 6.97. The van der Waals surface area contributed by atoms with Crippen molar-refractivity contribution in [1.29, 1.82) is 0 Å². The van der Waals surface area contributed by atoms with Gasteiger partial charge in [-0.05, 0) is 29.3 Å². The number of nitrogens with zero attached hydrogens (tertiary/aromatic N) is 1. The molecule has 0 saturated carbocycles. The summed E-state index contributed by atoms with van der Waals surface area (Å²) in [6.45, 7) is 0.691. The Morgan fingerprint density at radius 1 is 1.00 bits per heavy atom. The fourth-order valence-corrected chi connectivity index (χ4v) is 2.43. The summed E-state index contributed by atoms with van der Waals surface area (Å²) in [6, 6.07) is 15.4. The number of likely N-dealkylation sites (tertiary alicyclic amines) is 1. The maximum Gasteiger partial charge on any atom is 0.295 e. The lowest BCUT2D eigenvalue weighted by atomic mass is 10.1. The number of rotatable bonds is 3. The molecule has 2 aromatic carbocycles. The fourth-order valence-electron chi connectivity index (χ4n) is 2.43. The van der Waals surface area contributed by atoms with Crippen molar-refractivity contribution in [2.75, 3.05) is 6.54 Å². The van der Waals surface area contributed by atoms with Gasteiger partial charge in [0.05, 0.1) is 6.54 Å². The Labute approximate surface area is 127 Å². The van der Waals surface area contributed by atoms with Crippen LogP contribution in [-0.2, 0) is 16.1 Å². The Kier molecular flexibility index (Phi) is 3.83.